The Morgan fingerprint density at radius 3 is 2.81 bits per heavy atom. The van der Waals surface area contributed by atoms with Crippen molar-refractivity contribution in [3.05, 3.63) is 52.2 Å². The largest absolute Gasteiger partial charge is 0.491 e. The highest BCUT2D eigenvalue weighted by molar-refractivity contribution is 14.0. The van der Waals surface area contributed by atoms with E-state index >= 15 is 0 Å². The molecule has 1 aromatic heterocycles. The Morgan fingerprint density at radius 2 is 2.15 bits per heavy atom. The second kappa shape index (κ2) is 13.0. The van der Waals surface area contributed by atoms with Gasteiger partial charge in [-0.25, -0.2) is 0 Å². The molecule has 1 heterocycles. The van der Waals surface area contributed by atoms with Crippen LogP contribution in [0.2, 0.25) is 0 Å². The van der Waals surface area contributed by atoms with E-state index in [1.54, 1.807) is 11.3 Å². The molecule has 0 spiro atoms. The van der Waals surface area contributed by atoms with Gasteiger partial charge < -0.3 is 20.1 Å². The third-order valence-corrected chi connectivity index (χ3v) is 4.79. The van der Waals surface area contributed by atoms with Crippen molar-refractivity contribution in [3.63, 3.8) is 0 Å². The predicted molar refractivity (Wildman–Crippen MR) is 125 cm³/mol. The summed E-state index contributed by atoms with van der Waals surface area (Å²) in [6.45, 7) is 6.26. The molecule has 0 saturated heterocycles. The highest BCUT2D eigenvalue weighted by atomic mass is 127. The van der Waals surface area contributed by atoms with Gasteiger partial charge in [-0.1, -0.05) is 18.2 Å². The van der Waals surface area contributed by atoms with Gasteiger partial charge in [0.05, 0.1) is 6.54 Å². The first-order valence-electron chi connectivity index (χ1n) is 8.98. The van der Waals surface area contributed by atoms with E-state index in [0.717, 1.165) is 36.8 Å². The fourth-order valence-corrected chi connectivity index (χ4v) is 3.15. The average molecular weight is 503 g/mol. The van der Waals surface area contributed by atoms with Crippen molar-refractivity contribution in [1.29, 1.82) is 0 Å². The van der Waals surface area contributed by atoms with Crippen molar-refractivity contribution < 1.29 is 9.84 Å². The van der Waals surface area contributed by atoms with Crippen LogP contribution in [0.5, 0.6) is 5.75 Å². The number of aliphatic hydroxyl groups excluding tert-OH is 1. The molecule has 7 heteroatoms. The van der Waals surface area contributed by atoms with Crippen LogP contribution in [-0.4, -0.2) is 55.4 Å². The monoisotopic (exact) mass is 503 g/mol. The Hall–Kier alpha value is -1.32. The molecule has 0 amide bonds. The summed E-state index contributed by atoms with van der Waals surface area (Å²) >= 11 is 1.77. The van der Waals surface area contributed by atoms with E-state index in [0.29, 0.717) is 6.54 Å². The number of nitrogens with zero attached hydrogens (tertiary/aromatic N) is 2. The number of thiophene rings is 1. The molecule has 2 rings (SSSR count). The minimum Gasteiger partial charge on any atom is -0.491 e. The lowest BCUT2D eigenvalue weighted by Gasteiger charge is -2.22. The maximum Gasteiger partial charge on any atom is 0.193 e. The molecule has 0 aliphatic carbocycles. The van der Waals surface area contributed by atoms with Crippen molar-refractivity contribution in [2.24, 2.45) is 4.99 Å². The Bertz CT molecular complexity index is 680. The normalized spacial score (nSPS) is 12.2. The van der Waals surface area contributed by atoms with Crippen LogP contribution in [0.25, 0.3) is 0 Å². The molecular formula is C20H30IN3O2S. The maximum absolute atomic E-state index is 10.2. The van der Waals surface area contributed by atoms with Crippen LogP contribution in [-0.2, 0) is 6.42 Å². The first-order chi connectivity index (χ1) is 12.6. The fourth-order valence-electron chi connectivity index (χ4n) is 2.45. The van der Waals surface area contributed by atoms with Gasteiger partial charge in [-0.15, -0.1) is 35.3 Å². The molecule has 0 radical (unpaired) electrons. The maximum atomic E-state index is 10.2. The SMILES string of the molecule is CCNC(=NCC(O)COc1cccc(C)c1)N(C)CCc1cccs1.I. The van der Waals surface area contributed by atoms with E-state index in [1.807, 2.05) is 45.2 Å². The molecule has 0 aliphatic rings. The number of ether oxygens (including phenoxy) is 1. The summed E-state index contributed by atoms with van der Waals surface area (Å²) in [7, 11) is 2.02. The second-order valence-corrected chi connectivity index (χ2v) is 7.26. The topological polar surface area (TPSA) is 57.1 Å². The molecule has 1 atom stereocenters. The van der Waals surface area contributed by atoms with Gasteiger partial charge in [0.1, 0.15) is 18.5 Å². The van der Waals surface area contributed by atoms with E-state index in [1.165, 1.54) is 4.88 Å². The quantitative estimate of drug-likeness (QED) is 0.312. The average Bonchev–Trinajstić information content (AvgIpc) is 3.15. The summed E-state index contributed by atoms with van der Waals surface area (Å²) < 4.78 is 5.65. The standard InChI is InChI=1S/C20H29N3O2S.HI/c1-4-21-20(23(3)11-10-19-9-6-12-26-19)22-14-17(24)15-25-18-8-5-7-16(2)13-18;/h5-9,12-13,17,24H,4,10-11,14-15H2,1-3H3,(H,21,22);1H. The third-order valence-electron chi connectivity index (χ3n) is 3.85. The predicted octanol–water partition coefficient (Wildman–Crippen LogP) is 3.55. The number of rotatable bonds is 9. The fraction of sp³-hybridized carbons (Fsp3) is 0.450. The third kappa shape index (κ3) is 8.94. The van der Waals surface area contributed by atoms with Gasteiger partial charge in [-0.3, -0.25) is 4.99 Å². The number of aryl methyl sites for hydroxylation is 1. The number of hydrogen-bond acceptors (Lipinski definition) is 4. The molecule has 1 unspecified atom stereocenters. The molecule has 2 aromatic rings. The van der Waals surface area contributed by atoms with Crippen molar-refractivity contribution in [1.82, 2.24) is 10.2 Å². The smallest absolute Gasteiger partial charge is 0.193 e. The number of likely N-dealkylation sites (N-methyl/N-ethyl adjacent to an activating group) is 1. The minimum atomic E-state index is -0.644. The van der Waals surface area contributed by atoms with Gasteiger partial charge in [0.2, 0.25) is 0 Å². The number of nitrogens with one attached hydrogen (secondary N) is 1. The highest BCUT2D eigenvalue weighted by Gasteiger charge is 2.09. The van der Waals surface area contributed by atoms with E-state index < -0.39 is 6.10 Å². The van der Waals surface area contributed by atoms with Crippen molar-refractivity contribution in [2.75, 3.05) is 33.3 Å². The lowest BCUT2D eigenvalue weighted by molar-refractivity contribution is 0.114. The zero-order chi connectivity index (χ0) is 18.8. The number of halogens is 1. The van der Waals surface area contributed by atoms with Crippen LogP contribution in [0.4, 0.5) is 0 Å². The summed E-state index contributed by atoms with van der Waals surface area (Å²) in [5.74, 6) is 1.58. The van der Waals surface area contributed by atoms with Gasteiger partial charge >= 0.3 is 0 Å². The Labute approximate surface area is 183 Å². The lowest BCUT2D eigenvalue weighted by Crippen LogP contribution is -2.40. The molecule has 2 N–H and O–H groups in total. The number of benzene rings is 1. The molecule has 1 aromatic carbocycles. The number of guanidine groups is 1. The van der Waals surface area contributed by atoms with Gasteiger partial charge in [0.25, 0.3) is 0 Å². The zero-order valence-corrected chi connectivity index (χ0v) is 19.4. The van der Waals surface area contributed by atoms with Gasteiger partial charge in [0.15, 0.2) is 5.96 Å². The summed E-state index contributed by atoms with van der Waals surface area (Å²) in [6, 6.07) is 12.0. The highest BCUT2D eigenvalue weighted by Crippen LogP contribution is 2.12. The van der Waals surface area contributed by atoms with Crippen LogP contribution >= 0.6 is 35.3 Å². The van der Waals surface area contributed by atoms with E-state index in [9.17, 15) is 5.11 Å². The summed E-state index contributed by atoms with van der Waals surface area (Å²) in [5.41, 5.74) is 1.14. The van der Waals surface area contributed by atoms with Crippen LogP contribution in [0.1, 0.15) is 17.4 Å². The number of aliphatic hydroxyl groups is 1. The van der Waals surface area contributed by atoms with Crippen LogP contribution in [0.3, 0.4) is 0 Å². The molecule has 0 saturated carbocycles. The van der Waals surface area contributed by atoms with Gasteiger partial charge in [0, 0.05) is 25.0 Å². The van der Waals surface area contributed by atoms with E-state index in [2.05, 4.69) is 32.7 Å². The molecule has 150 valence electrons. The van der Waals surface area contributed by atoms with Gasteiger partial charge in [-0.05, 0) is 49.4 Å². The van der Waals surface area contributed by atoms with Crippen LogP contribution in [0, 0.1) is 6.92 Å². The first kappa shape index (κ1) is 23.7. The molecule has 5 nitrogen and oxygen atoms in total. The van der Waals surface area contributed by atoms with E-state index in [4.69, 9.17) is 4.74 Å². The van der Waals surface area contributed by atoms with Crippen molar-refractivity contribution in [3.8, 4) is 5.75 Å². The van der Waals surface area contributed by atoms with E-state index in [-0.39, 0.29) is 30.6 Å². The minimum absolute atomic E-state index is 0. The number of aliphatic imine (C=N–C) groups is 1. The molecular weight excluding hydrogens is 473 g/mol. The van der Waals surface area contributed by atoms with Crippen LogP contribution < -0.4 is 10.1 Å². The summed E-state index contributed by atoms with van der Waals surface area (Å²) in [5, 5.41) is 15.6. The first-order valence-corrected chi connectivity index (χ1v) is 9.85. The molecule has 0 fully saturated rings. The van der Waals surface area contributed by atoms with Crippen molar-refractivity contribution >= 4 is 41.3 Å². The Kier molecular flexibility index (Phi) is 11.4. The molecule has 27 heavy (non-hydrogen) atoms. The lowest BCUT2D eigenvalue weighted by atomic mass is 10.2. The summed E-state index contributed by atoms with van der Waals surface area (Å²) in [6.07, 6.45) is 0.340. The Morgan fingerprint density at radius 1 is 1.33 bits per heavy atom. The number of hydrogen-bond donors (Lipinski definition) is 2. The Balaban J connectivity index is 0.00000364. The molecule has 0 aliphatic heterocycles. The second-order valence-electron chi connectivity index (χ2n) is 6.23. The van der Waals surface area contributed by atoms with Crippen molar-refractivity contribution in [2.45, 2.75) is 26.4 Å². The zero-order valence-electron chi connectivity index (χ0n) is 16.2. The summed E-state index contributed by atoms with van der Waals surface area (Å²) in [4.78, 5) is 8.00. The van der Waals surface area contributed by atoms with Crippen LogP contribution in [0.15, 0.2) is 46.8 Å². The van der Waals surface area contributed by atoms with Gasteiger partial charge in [-0.2, -0.15) is 0 Å². The molecule has 0 bridgehead atoms.